The minimum absolute atomic E-state index is 0.00809. The molecule has 27 heavy (non-hydrogen) atoms. The van der Waals surface area contributed by atoms with Crippen LogP contribution in [0.2, 0.25) is 0 Å². The van der Waals surface area contributed by atoms with Gasteiger partial charge in [-0.1, -0.05) is 38.1 Å². The van der Waals surface area contributed by atoms with Gasteiger partial charge in [-0.15, -0.1) is 0 Å². The van der Waals surface area contributed by atoms with Gasteiger partial charge in [0.2, 0.25) is 0 Å². The Morgan fingerprint density at radius 1 is 1.19 bits per heavy atom. The molecule has 2 aliphatic rings. The first kappa shape index (κ1) is 17.6. The van der Waals surface area contributed by atoms with Crippen LogP contribution in [0.25, 0.3) is 0 Å². The minimum Gasteiger partial charge on any atom is -0.482 e. The highest BCUT2D eigenvalue weighted by Gasteiger charge is 2.33. The molecule has 0 aromatic heterocycles. The van der Waals surface area contributed by atoms with Gasteiger partial charge in [0.15, 0.2) is 6.61 Å². The molecular weight excluding hydrogens is 340 g/mol. The van der Waals surface area contributed by atoms with Gasteiger partial charge in [-0.2, -0.15) is 0 Å². The van der Waals surface area contributed by atoms with Crippen molar-refractivity contribution in [3.63, 3.8) is 0 Å². The Morgan fingerprint density at radius 3 is 2.59 bits per heavy atom. The standard InChI is InChI=1S/C22H24N2O3/c1-14(2)16-5-3-15(4-6-16)12-24(18-8-9-18)22(26)17-7-10-19-20(11-17)27-13-21(25)23-19/h3-7,10-11,14,18H,8-9,12-13H2,1-2H3,(H,23,25). The van der Waals surface area contributed by atoms with Crippen molar-refractivity contribution in [1.82, 2.24) is 4.90 Å². The van der Waals surface area contributed by atoms with Crippen LogP contribution in [0.1, 0.15) is 54.1 Å². The average molecular weight is 364 g/mol. The molecule has 0 atom stereocenters. The Balaban J connectivity index is 1.54. The number of ether oxygens (including phenoxy) is 1. The number of carbonyl (C=O) groups is 2. The molecule has 5 nitrogen and oxygen atoms in total. The van der Waals surface area contributed by atoms with Crippen molar-refractivity contribution in [3.8, 4) is 5.75 Å². The van der Waals surface area contributed by atoms with E-state index in [4.69, 9.17) is 4.74 Å². The SMILES string of the molecule is CC(C)c1ccc(CN(C(=O)c2ccc3c(c2)OCC(=O)N3)C2CC2)cc1. The topological polar surface area (TPSA) is 58.6 Å². The Kier molecular flexibility index (Phi) is 4.60. The fourth-order valence-corrected chi connectivity index (χ4v) is 3.33. The number of carbonyl (C=O) groups excluding carboxylic acids is 2. The smallest absolute Gasteiger partial charge is 0.262 e. The van der Waals surface area contributed by atoms with E-state index in [9.17, 15) is 9.59 Å². The summed E-state index contributed by atoms with van der Waals surface area (Å²) < 4.78 is 5.45. The van der Waals surface area contributed by atoms with Crippen LogP contribution in [0.4, 0.5) is 5.69 Å². The first-order valence-electron chi connectivity index (χ1n) is 9.48. The summed E-state index contributed by atoms with van der Waals surface area (Å²) in [5, 5.41) is 2.76. The summed E-state index contributed by atoms with van der Waals surface area (Å²) in [6.45, 7) is 4.95. The number of rotatable bonds is 5. The normalized spacial score (nSPS) is 15.7. The van der Waals surface area contributed by atoms with Crippen LogP contribution in [-0.2, 0) is 11.3 Å². The summed E-state index contributed by atoms with van der Waals surface area (Å²) in [6, 6.07) is 14.0. The van der Waals surface area contributed by atoms with Crippen molar-refractivity contribution >= 4 is 17.5 Å². The Hall–Kier alpha value is -2.82. The molecule has 2 aromatic carbocycles. The number of hydrogen-bond donors (Lipinski definition) is 1. The van der Waals surface area contributed by atoms with Gasteiger partial charge in [-0.05, 0) is 48.1 Å². The molecule has 1 saturated carbocycles. The van der Waals surface area contributed by atoms with E-state index in [1.807, 2.05) is 4.90 Å². The van der Waals surface area contributed by atoms with E-state index in [0.29, 0.717) is 35.5 Å². The van der Waals surface area contributed by atoms with Crippen molar-refractivity contribution < 1.29 is 14.3 Å². The second-order valence-corrected chi connectivity index (χ2v) is 7.61. The molecule has 1 aliphatic heterocycles. The number of amides is 2. The molecule has 2 aromatic rings. The van der Waals surface area contributed by atoms with E-state index in [-0.39, 0.29) is 18.4 Å². The summed E-state index contributed by atoms with van der Waals surface area (Å²) in [5.74, 6) is 0.883. The van der Waals surface area contributed by atoms with E-state index in [1.54, 1.807) is 18.2 Å². The molecule has 2 amide bonds. The molecule has 1 aliphatic carbocycles. The van der Waals surface area contributed by atoms with E-state index in [2.05, 4.69) is 43.4 Å². The van der Waals surface area contributed by atoms with Crippen LogP contribution in [0.15, 0.2) is 42.5 Å². The zero-order valence-electron chi connectivity index (χ0n) is 15.7. The lowest BCUT2D eigenvalue weighted by atomic mass is 10.0. The molecule has 0 unspecified atom stereocenters. The van der Waals surface area contributed by atoms with Crippen molar-refractivity contribution in [2.75, 3.05) is 11.9 Å². The molecule has 4 rings (SSSR count). The molecule has 1 N–H and O–H groups in total. The maximum absolute atomic E-state index is 13.1. The molecule has 1 fully saturated rings. The third-order valence-electron chi connectivity index (χ3n) is 5.11. The number of hydrogen-bond acceptors (Lipinski definition) is 3. The van der Waals surface area contributed by atoms with Crippen molar-refractivity contribution in [2.45, 2.75) is 45.2 Å². The average Bonchev–Trinajstić information content (AvgIpc) is 3.50. The van der Waals surface area contributed by atoms with Gasteiger partial charge >= 0.3 is 0 Å². The van der Waals surface area contributed by atoms with Gasteiger partial charge in [-0.3, -0.25) is 9.59 Å². The maximum Gasteiger partial charge on any atom is 0.262 e. The summed E-state index contributed by atoms with van der Waals surface area (Å²) in [7, 11) is 0. The van der Waals surface area contributed by atoms with Crippen molar-refractivity contribution in [1.29, 1.82) is 0 Å². The second-order valence-electron chi connectivity index (χ2n) is 7.61. The maximum atomic E-state index is 13.1. The number of nitrogens with zero attached hydrogens (tertiary/aromatic N) is 1. The van der Waals surface area contributed by atoms with Gasteiger partial charge in [0, 0.05) is 18.2 Å². The van der Waals surface area contributed by atoms with Crippen LogP contribution in [0.5, 0.6) is 5.75 Å². The first-order valence-corrected chi connectivity index (χ1v) is 9.48. The number of nitrogens with one attached hydrogen (secondary N) is 1. The van der Waals surface area contributed by atoms with Gasteiger partial charge in [-0.25, -0.2) is 0 Å². The van der Waals surface area contributed by atoms with E-state index >= 15 is 0 Å². The van der Waals surface area contributed by atoms with Crippen LogP contribution >= 0.6 is 0 Å². The van der Waals surface area contributed by atoms with E-state index in [1.165, 1.54) is 5.56 Å². The lowest BCUT2D eigenvalue weighted by molar-refractivity contribution is -0.118. The van der Waals surface area contributed by atoms with Crippen LogP contribution < -0.4 is 10.1 Å². The van der Waals surface area contributed by atoms with E-state index in [0.717, 1.165) is 18.4 Å². The lowest BCUT2D eigenvalue weighted by Crippen LogP contribution is -2.33. The lowest BCUT2D eigenvalue weighted by Gasteiger charge is -2.24. The largest absolute Gasteiger partial charge is 0.482 e. The molecule has 5 heteroatoms. The Morgan fingerprint density at radius 2 is 1.93 bits per heavy atom. The summed E-state index contributed by atoms with van der Waals surface area (Å²) in [5.41, 5.74) is 3.65. The molecule has 0 bridgehead atoms. The quantitative estimate of drug-likeness (QED) is 0.874. The molecule has 0 radical (unpaired) electrons. The number of anilines is 1. The van der Waals surface area contributed by atoms with Crippen LogP contribution in [0, 0.1) is 0 Å². The van der Waals surface area contributed by atoms with Crippen molar-refractivity contribution in [3.05, 3.63) is 59.2 Å². The fraction of sp³-hybridized carbons (Fsp3) is 0.364. The first-order chi connectivity index (χ1) is 13.0. The summed E-state index contributed by atoms with van der Waals surface area (Å²) in [4.78, 5) is 26.5. The van der Waals surface area contributed by atoms with Crippen LogP contribution in [-0.4, -0.2) is 29.4 Å². The van der Waals surface area contributed by atoms with Crippen LogP contribution in [0.3, 0.4) is 0 Å². The zero-order chi connectivity index (χ0) is 19.0. The molecular formula is C22H24N2O3. The number of benzene rings is 2. The summed E-state index contributed by atoms with van der Waals surface area (Å²) in [6.07, 6.45) is 2.10. The highest BCUT2D eigenvalue weighted by Crippen LogP contribution is 2.33. The minimum atomic E-state index is -0.175. The predicted octanol–water partition coefficient (Wildman–Crippen LogP) is 3.95. The zero-order valence-corrected chi connectivity index (χ0v) is 15.7. The molecule has 140 valence electrons. The third-order valence-corrected chi connectivity index (χ3v) is 5.11. The molecule has 0 spiro atoms. The Labute approximate surface area is 159 Å². The molecule has 1 heterocycles. The van der Waals surface area contributed by atoms with Gasteiger partial charge < -0.3 is 15.0 Å². The monoisotopic (exact) mass is 364 g/mol. The summed E-state index contributed by atoms with van der Waals surface area (Å²) >= 11 is 0. The van der Waals surface area contributed by atoms with E-state index < -0.39 is 0 Å². The second kappa shape index (κ2) is 7.06. The third kappa shape index (κ3) is 3.82. The number of fused-ring (bicyclic) bond motifs is 1. The Bertz CT molecular complexity index is 870. The highest BCUT2D eigenvalue weighted by atomic mass is 16.5. The van der Waals surface area contributed by atoms with Crippen molar-refractivity contribution in [2.24, 2.45) is 0 Å². The van der Waals surface area contributed by atoms with Gasteiger partial charge in [0.05, 0.1) is 5.69 Å². The highest BCUT2D eigenvalue weighted by molar-refractivity contribution is 5.99. The van der Waals surface area contributed by atoms with Gasteiger partial charge in [0.1, 0.15) is 5.75 Å². The van der Waals surface area contributed by atoms with Gasteiger partial charge in [0.25, 0.3) is 11.8 Å². The molecule has 0 saturated heterocycles. The predicted molar refractivity (Wildman–Crippen MR) is 104 cm³/mol. The fourth-order valence-electron chi connectivity index (χ4n) is 3.33.